The Hall–Kier alpha value is -2.97. The summed E-state index contributed by atoms with van der Waals surface area (Å²) in [5.74, 6) is -0.680. The first-order valence-electron chi connectivity index (χ1n) is 7.79. The van der Waals surface area contributed by atoms with Crippen molar-refractivity contribution in [2.24, 2.45) is 5.10 Å². The lowest BCUT2D eigenvalue weighted by Crippen LogP contribution is -2.32. The van der Waals surface area contributed by atoms with E-state index in [1.165, 1.54) is 33.6 Å². The van der Waals surface area contributed by atoms with Crippen molar-refractivity contribution >= 4 is 46.9 Å². The Kier molecular flexibility index (Phi) is 7.48. The first kappa shape index (κ1) is 21.3. The van der Waals surface area contributed by atoms with Crippen LogP contribution in [0.2, 0.25) is 10.0 Å². The lowest BCUT2D eigenvalue weighted by Gasteiger charge is -2.12. The van der Waals surface area contributed by atoms with Gasteiger partial charge >= 0.3 is 11.8 Å². The van der Waals surface area contributed by atoms with E-state index in [2.05, 4.69) is 15.8 Å². The molecule has 2 aromatic carbocycles. The van der Waals surface area contributed by atoms with Crippen molar-refractivity contribution in [3.63, 3.8) is 0 Å². The Morgan fingerprint density at radius 3 is 2.21 bits per heavy atom. The molecule has 0 aliphatic heterocycles. The zero-order valence-electron chi connectivity index (χ0n) is 15.2. The molecule has 2 N–H and O–H groups in total. The number of hydrazone groups is 1. The van der Waals surface area contributed by atoms with Gasteiger partial charge in [0.05, 0.1) is 43.3 Å². The number of rotatable bonds is 6. The first-order chi connectivity index (χ1) is 13.4. The molecule has 0 heterocycles. The number of carbonyl (C=O) groups excluding carboxylic acids is 2. The Morgan fingerprint density at radius 2 is 1.64 bits per heavy atom. The third-order valence-electron chi connectivity index (χ3n) is 3.47. The van der Waals surface area contributed by atoms with Crippen LogP contribution in [-0.4, -0.2) is 39.4 Å². The summed E-state index contributed by atoms with van der Waals surface area (Å²) in [6.45, 7) is 0. The molecular formula is C18H17Cl2N3O5. The first-order valence-corrected chi connectivity index (χ1v) is 8.55. The summed E-state index contributed by atoms with van der Waals surface area (Å²) in [5, 5.41) is 6.49. The fraction of sp³-hybridized carbons (Fsp3) is 0.167. The second-order valence-electron chi connectivity index (χ2n) is 5.21. The molecule has 0 saturated heterocycles. The van der Waals surface area contributed by atoms with Gasteiger partial charge in [-0.1, -0.05) is 29.3 Å². The number of nitrogens with one attached hydrogen (secondary N) is 2. The van der Waals surface area contributed by atoms with E-state index in [4.69, 9.17) is 37.4 Å². The molecule has 2 rings (SSSR count). The van der Waals surface area contributed by atoms with E-state index in [9.17, 15) is 9.59 Å². The number of ether oxygens (including phenoxy) is 3. The van der Waals surface area contributed by atoms with Crippen LogP contribution in [0.5, 0.6) is 17.2 Å². The maximum absolute atomic E-state index is 11.9. The third-order valence-corrected chi connectivity index (χ3v) is 4.29. The van der Waals surface area contributed by atoms with Crippen LogP contribution in [0.1, 0.15) is 5.56 Å². The summed E-state index contributed by atoms with van der Waals surface area (Å²) in [6, 6.07) is 7.91. The largest absolute Gasteiger partial charge is 0.493 e. The van der Waals surface area contributed by atoms with E-state index >= 15 is 0 Å². The number of halogens is 2. The lowest BCUT2D eigenvalue weighted by molar-refractivity contribution is -0.136. The zero-order chi connectivity index (χ0) is 20.7. The Morgan fingerprint density at radius 1 is 1.00 bits per heavy atom. The molecular weight excluding hydrogens is 409 g/mol. The standard InChI is InChI=1S/C18H17Cl2N3O5/c1-26-13-7-10(8-14(27-2)16(13)28-3)9-21-23-18(25)17(24)22-12-6-4-5-11(19)15(12)20/h4-9H,1-3H3,(H,22,24)(H,23,25)/b21-9+. The van der Waals surface area contributed by atoms with Crippen LogP contribution in [0, 0.1) is 0 Å². The molecule has 8 nitrogen and oxygen atoms in total. The van der Waals surface area contributed by atoms with Gasteiger partial charge in [-0.25, -0.2) is 5.43 Å². The van der Waals surface area contributed by atoms with E-state index in [0.717, 1.165) is 0 Å². The van der Waals surface area contributed by atoms with Crippen molar-refractivity contribution in [1.82, 2.24) is 5.43 Å². The van der Waals surface area contributed by atoms with Gasteiger partial charge in [-0.15, -0.1) is 0 Å². The molecule has 10 heteroatoms. The molecule has 0 radical (unpaired) electrons. The molecule has 0 aromatic heterocycles. The molecule has 0 bridgehead atoms. The summed E-state index contributed by atoms with van der Waals surface area (Å²) < 4.78 is 15.7. The number of anilines is 1. The maximum atomic E-state index is 11.9. The van der Waals surface area contributed by atoms with Crippen LogP contribution in [-0.2, 0) is 9.59 Å². The van der Waals surface area contributed by atoms with Gasteiger partial charge in [0.25, 0.3) is 0 Å². The van der Waals surface area contributed by atoms with Gasteiger partial charge < -0.3 is 19.5 Å². The summed E-state index contributed by atoms with van der Waals surface area (Å²) in [6.07, 6.45) is 1.32. The van der Waals surface area contributed by atoms with E-state index in [0.29, 0.717) is 22.8 Å². The quantitative estimate of drug-likeness (QED) is 0.420. The number of carbonyl (C=O) groups is 2. The van der Waals surface area contributed by atoms with Crippen molar-refractivity contribution in [1.29, 1.82) is 0 Å². The predicted molar refractivity (Wildman–Crippen MR) is 107 cm³/mol. The van der Waals surface area contributed by atoms with Crippen LogP contribution >= 0.6 is 23.2 Å². The number of methoxy groups -OCH3 is 3. The smallest absolute Gasteiger partial charge is 0.329 e. The normalized spacial score (nSPS) is 10.5. The minimum Gasteiger partial charge on any atom is -0.493 e. The molecule has 0 unspecified atom stereocenters. The number of nitrogens with zero attached hydrogens (tertiary/aromatic N) is 1. The highest BCUT2D eigenvalue weighted by Gasteiger charge is 2.16. The maximum Gasteiger partial charge on any atom is 0.329 e. The third kappa shape index (κ3) is 5.05. The number of amides is 2. The molecule has 148 valence electrons. The van der Waals surface area contributed by atoms with Crippen LogP contribution < -0.4 is 25.0 Å². The van der Waals surface area contributed by atoms with Crippen molar-refractivity contribution in [3.8, 4) is 17.2 Å². The van der Waals surface area contributed by atoms with Gasteiger partial charge in [-0.3, -0.25) is 9.59 Å². The minimum absolute atomic E-state index is 0.131. The Labute approximate surface area is 171 Å². The summed E-state index contributed by atoms with van der Waals surface area (Å²) in [7, 11) is 4.44. The second-order valence-corrected chi connectivity index (χ2v) is 6.00. The zero-order valence-corrected chi connectivity index (χ0v) is 16.7. The molecule has 2 aromatic rings. The monoisotopic (exact) mass is 425 g/mol. The number of hydrogen-bond donors (Lipinski definition) is 2. The molecule has 28 heavy (non-hydrogen) atoms. The molecule has 0 saturated carbocycles. The topological polar surface area (TPSA) is 98.2 Å². The van der Waals surface area contributed by atoms with Crippen LogP contribution in [0.15, 0.2) is 35.4 Å². The minimum atomic E-state index is -0.986. The Bertz CT molecular complexity index is 893. The van der Waals surface area contributed by atoms with E-state index < -0.39 is 11.8 Å². The predicted octanol–water partition coefficient (Wildman–Crippen LogP) is 3.11. The molecule has 0 aliphatic rings. The highest BCUT2D eigenvalue weighted by atomic mass is 35.5. The second kappa shape index (κ2) is 9.82. The van der Waals surface area contributed by atoms with Crippen molar-refractivity contribution in [2.75, 3.05) is 26.6 Å². The molecule has 0 spiro atoms. The highest BCUT2D eigenvalue weighted by Crippen LogP contribution is 2.37. The lowest BCUT2D eigenvalue weighted by atomic mass is 10.2. The summed E-state index contributed by atoms with van der Waals surface area (Å²) >= 11 is 11.8. The fourth-order valence-electron chi connectivity index (χ4n) is 2.17. The van der Waals surface area contributed by atoms with Gasteiger partial charge in [-0.05, 0) is 24.3 Å². The van der Waals surface area contributed by atoms with Gasteiger partial charge in [0.15, 0.2) is 11.5 Å². The number of hydrogen-bond acceptors (Lipinski definition) is 6. The van der Waals surface area contributed by atoms with Gasteiger partial charge in [0, 0.05) is 5.56 Å². The van der Waals surface area contributed by atoms with E-state index in [-0.39, 0.29) is 15.7 Å². The van der Waals surface area contributed by atoms with Crippen LogP contribution in [0.3, 0.4) is 0 Å². The Balaban J connectivity index is 2.06. The van der Waals surface area contributed by atoms with Crippen LogP contribution in [0.4, 0.5) is 5.69 Å². The SMILES string of the molecule is COc1cc(/C=N/NC(=O)C(=O)Nc2cccc(Cl)c2Cl)cc(OC)c1OC. The van der Waals surface area contributed by atoms with Crippen molar-refractivity contribution < 1.29 is 23.8 Å². The molecule has 0 fully saturated rings. The molecule has 0 aliphatic carbocycles. The van der Waals surface area contributed by atoms with Crippen LogP contribution in [0.25, 0.3) is 0 Å². The molecule has 2 amide bonds. The average molecular weight is 426 g/mol. The fourth-order valence-corrected chi connectivity index (χ4v) is 2.52. The van der Waals surface area contributed by atoms with Crippen molar-refractivity contribution in [3.05, 3.63) is 45.9 Å². The van der Waals surface area contributed by atoms with Gasteiger partial charge in [-0.2, -0.15) is 5.10 Å². The summed E-state index contributed by atoms with van der Waals surface area (Å²) in [4.78, 5) is 23.8. The van der Waals surface area contributed by atoms with E-state index in [1.807, 2.05) is 0 Å². The van der Waals surface area contributed by atoms with Gasteiger partial charge in [0.1, 0.15) is 0 Å². The van der Waals surface area contributed by atoms with E-state index in [1.54, 1.807) is 24.3 Å². The average Bonchev–Trinajstić information content (AvgIpc) is 2.70. The summed E-state index contributed by atoms with van der Waals surface area (Å²) in [5.41, 5.74) is 2.88. The van der Waals surface area contributed by atoms with Crippen molar-refractivity contribution in [2.45, 2.75) is 0 Å². The molecule has 0 atom stereocenters. The number of benzene rings is 2. The van der Waals surface area contributed by atoms with Gasteiger partial charge in [0.2, 0.25) is 5.75 Å². The highest BCUT2D eigenvalue weighted by molar-refractivity contribution is 6.45.